The highest BCUT2D eigenvalue weighted by Crippen LogP contribution is 2.37. The summed E-state index contributed by atoms with van der Waals surface area (Å²) in [4.78, 5) is 18.7. The van der Waals surface area contributed by atoms with Crippen LogP contribution < -0.4 is 5.32 Å². The second-order valence-electron chi connectivity index (χ2n) is 6.54. The summed E-state index contributed by atoms with van der Waals surface area (Å²) < 4.78 is 44.0. The molecule has 0 radical (unpaired) electrons. The third kappa shape index (κ3) is 4.50. The van der Waals surface area contributed by atoms with Crippen LogP contribution in [0.3, 0.4) is 0 Å². The highest BCUT2D eigenvalue weighted by atomic mass is 19.4. The van der Waals surface area contributed by atoms with E-state index in [1.165, 1.54) is 0 Å². The van der Waals surface area contributed by atoms with Crippen molar-refractivity contribution >= 4 is 11.4 Å². The summed E-state index contributed by atoms with van der Waals surface area (Å²) in [7, 11) is 0. The van der Waals surface area contributed by atoms with Gasteiger partial charge in [-0.25, -0.2) is 0 Å². The van der Waals surface area contributed by atoms with Crippen molar-refractivity contribution in [3.05, 3.63) is 64.3 Å². The molecule has 152 valence electrons. The first kappa shape index (κ1) is 20.2. The Kier molecular flexibility index (Phi) is 5.48. The third-order valence-corrected chi connectivity index (χ3v) is 4.15. The lowest BCUT2D eigenvalue weighted by atomic mass is 10.0. The minimum absolute atomic E-state index is 0.0784. The normalized spacial score (nSPS) is 12.8. The van der Waals surface area contributed by atoms with E-state index >= 15 is 0 Å². The Hall–Kier alpha value is -3.50. The summed E-state index contributed by atoms with van der Waals surface area (Å²) >= 11 is 0. The molecule has 1 atom stereocenters. The van der Waals surface area contributed by atoms with Gasteiger partial charge in [-0.05, 0) is 30.2 Å². The molecule has 3 rings (SSSR count). The molecule has 0 spiro atoms. The second-order valence-corrected chi connectivity index (χ2v) is 6.54. The number of pyridine rings is 1. The zero-order valence-electron chi connectivity index (χ0n) is 15.3. The van der Waals surface area contributed by atoms with Crippen LogP contribution in [0.2, 0.25) is 0 Å². The molecule has 1 aromatic carbocycles. The van der Waals surface area contributed by atoms with Gasteiger partial charge in [0.2, 0.25) is 11.7 Å². The van der Waals surface area contributed by atoms with Gasteiger partial charge < -0.3 is 9.84 Å². The van der Waals surface area contributed by atoms with Gasteiger partial charge in [0, 0.05) is 24.0 Å². The average molecular weight is 407 g/mol. The number of benzene rings is 1. The SMILES string of the molecule is CC(C)C(Nc1ccc(C(F)(F)F)cc1[N+](=O)[O-])c1nc(-c2ccncc2)no1. The number of nitrogens with zero attached hydrogens (tertiary/aromatic N) is 4. The van der Waals surface area contributed by atoms with Crippen LogP contribution in [0.15, 0.2) is 47.2 Å². The number of nitro groups is 1. The van der Waals surface area contributed by atoms with Crippen LogP contribution in [-0.2, 0) is 6.18 Å². The molecule has 0 saturated heterocycles. The number of halogens is 3. The first-order valence-corrected chi connectivity index (χ1v) is 8.53. The van der Waals surface area contributed by atoms with Crippen LogP contribution in [0.1, 0.15) is 31.3 Å². The summed E-state index contributed by atoms with van der Waals surface area (Å²) in [5.74, 6) is 0.292. The van der Waals surface area contributed by atoms with E-state index in [0.717, 1.165) is 12.1 Å². The molecule has 29 heavy (non-hydrogen) atoms. The van der Waals surface area contributed by atoms with Gasteiger partial charge in [0.05, 0.1) is 10.5 Å². The van der Waals surface area contributed by atoms with E-state index in [1.54, 1.807) is 24.5 Å². The molecule has 0 aliphatic carbocycles. The molecule has 3 aromatic rings. The zero-order valence-corrected chi connectivity index (χ0v) is 15.3. The number of alkyl halides is 3. The van der Waals surface area contributed by atoms with Crippen molar-refractivity contribution < 1.29 is 22.6 Å². The van der Waals surface area contributed by atoms with Gasteiger partial charge in [0.25, 0.3) is 5.69 Å². The van der Waals surface area contributed by atoms with Gasteiger partial charge >= 0.3 is 6.18 Å². The van der Waals surface area contributed by atoms with Crippen molar-refractivity contribution in [2.24, 2.45) is 5.92 Å². The van der Waals surface area contributed by atoms with Crippen LogP contribution in [0.25, 0.3) is 11.4 Å². The van der Waals surface area contributed by atoms with Crippen molar-refractivity contribution in [2.75, 3.05) is 5.32 Å². The predicted molar refractivity (Wildman–Crippen MR) is 96.8 cm³/mol. The molecular formula is C18H16F3N5O3. The molecule has 2 heterocycles. The molecule has 1 unspecified atom stereocenters. The van der Waals surface area contributed by atoms with Gasteiger partial charge in [-0.15, -0.1) is 0 Å². The van der Waals surface area contributed by atoms with Crippen LogP contribution >= 0.6 is 0 Å². The molecular weight excluding hydrogens is 391 g/mol. The van der Waals surface area contributed by atoms with Crippen LogP contribution in [0.5, 0.6) is 0 Å². The molecule has 0 bridgehead atoms. The first-order chi connectivity index (χ1) is 13.7. The Labute approximate surface area is 162 Å². The van der Waals surface area contributed by atoms with Gasteiger partial charge in [0.15, 0.2) is 0 Å². The highest BCUT2D eigenvalue weighted by molar-refractivity contribution is 5.63. The summed E-state index contributed by atoms with van der Waals surface area (Å²) in [6, 6.07) is 5.02. The number of nitrogens with one attached hydrogen (secondary N) is 1. The zero-order chi connectivity index (χ0) is 21.2. The number of nitro benzene ring substituents is 1. The second kappa shape index (κ2) is 7.86. The van der Waals surface area contributed by atoms with E-state index in [0.29, 0.717) is 17.5 Å². The Morgan fingerprint density at radius 3 is 2.45 bits per heavy atom. The summed E-state index contributed by atoms with van der Waals surface area (Å²) in [5.41, 5.74) is -1.21. The van der Waals surface area contributed by atoms with E-state index in [1.807, 2.05) is 13.8 Å². The standard InChI is InChI=1S/C18H16F3N5O3/c1-10(2)15(17-24-16(25-29-17)11-5-7-22-8-6-11)23-13-4-3-12(18(19,20)21)9-14(13)26(27)28/h3-10,15,23H,1-2H3. The van der Waals surface area contributed by atoms with Gasteiger partial charge in [-0.1, -0.05) is 19.0 Å². The summed E-state index contributed by atoms with van der Waals surface area (Å²) in [6.07, 6.45) is -1.56. The summed E-state index contributed by atoms with van der Waals surface area (Å²) in [6.45, 7) is 3.62. The number of hydrogen-bond donors (Lipinski definition) is 1. The lowest BCUT2D eigenvalue weighted by Gasteiger charge is -2.20. The Bertz CT molecular complexity index is 1010. The van der Waals surface area contributed by atoms with Gasteiger partial charge in [-0.3, -0.25) is 15.1 Å². The number of rotatable bonds is 6. The molecule has 0 amide bonds. The fraction of sp³-hybridized carbons (Fsp3) is 0.278. The van der Waals surface area contributed by atoms with Gasteiger partial charge in [-0.2, -0.15) is 18.2 Å². The third-order valence-electron chi connectivity index (χ3n) is 4.15. The molecule has 0 fully saturated rings. The van der Waals surface area contributed by atoms with E-state index in [2.05, 4.69) is 20.4 Å². The van der Waals surface area contributed by atoms with Crippen molar-refractivity contribution in [1.82, 2.24) is 15.1 Å². The topological polar surface area (TPSA) is 107 Å². The highest BCUT2D eigenvalue weighted by Gasteiger charge is 2.34. The smallest absolute Gasteiger partial charge is 0.368 e. The van der Waals surface area contributed by atoms with E-state index < -0.39 is 28.4 Å². The van der Waals surface area contributed by atoms with Crippen LogP contribution in [-0.4, -0.2) is 20.0 Å². The maximum Gasteiger partial charge on any atom is 0.416 e. The fourth-order valence-electron chi connectivity index (χ4n) is 2.64. The Morgan fingerprint density at radius 2 is 1.86 bits per heavy atom. The molecule has 0 saturated carbocycles. The lowest BCUT2D eigenvalue weighted by molar-refractivity contribution is -0.384. The van der Waals surface area contributed by atoms with Crippen molar-refractivity contribution in [2.45, 2.75) is 26.1 Å². The maximum atomic E-state index is 12.9. The molecule has 2 aromatic heterocycles. The van der Waals surface area contributed by atoms with Gasteiger partial charge in [0.1, 0.15) is 11.7 Å². The quantitative estimate of drug-likeness (QED) is 0.459. The summed E-state index contributed by atoms with van der Waals surface area (Å²) in [5, 5.41) is 18.1. The molecule has 0 aliphatic heterocycles. The van der Waals surface area contributed by atoms with E-state index in [9.17, 15) is 23.3 Å². The number of aromatic nitrogens is 3. The van der Waals surface area contributed by atoms with Crippen LogP contribution in [0, 0.1) is 16.0 Å². The van der Waals surface area contributed by atoms with Crippen molar-refractivity contribution in [3.8, 4) is 11.4 Å². The Morgan fingerprint density at radius 1 is 1.17 bits per heavy atom. The largest absolute Gasteiger partial charge is 0.416 e. The number of hydrogen-bond acceptors (Lipinski definition) is 7. The predicted octanol–water partition coefficient (Wildman–Crippen LogP) is 4.87. The molecule has 11 heteroatoms. The first-order valence-electron chi connectivity index (χ1n) is 8.53. The molecule has 1 N–H and O–H groups in total. The van der Waals surface area contributed by atoms with Crippen LogP contribution in [0.4, 0.5) is 24.5 Å². The lowest BCUT2D eigenvalue weighted by Crippen LogP contribution is -2.18. The molecule has 8 nitrogen and oxygen atoms in total. The monoisotopic (exact) mass is 407 g/mol. The minimum atomic E-state index is -4.69. The fourth-order valence-corrected chi connectivity index (χ4v) is 2.64. The maximum absolute atomic E-state index is 12.9. The van der Waals surface area contributed by atoms with Crippen molar-refractivity contribution in [1.29, 1.82) is 0 Å². The van der Waals surface area contributed by atoms with E-state index in [-0.39, 0.29) is 17.5 Å². The average Bonchev–Trinajstić information content (AvgIpc) is 3.15. The molecule has 0 aliphatic rings. The Balaban J connectivity index is 1.94. The van der Waals surface area contributed by atoms with Crippen molar-refractivity contribution in [3.63, 3.8) is 0 Å². The number of anilines is 1. The van der Waals surface area contributed by atoms with E-state index in [4.69, 9.17) is 4.52 Å². The minimum Gasteiger partial charge on any atom is -0.368 e.